The van der Waals surface area contributed by atoms with Crippen molar-refractivity contribution in [3.05, 3.63) is 64.1 Å². The summed E-state index contributed by atoms with van der Waals surface area (Å²) in [5.74, 6) is -0.700. The predicted molar refractivity (Wildman–Crippen MR) is 61.8 cm³/mol. The van der Waals surface area contributed by atoms with Gasteiger partial charge in [-0.05, 0) is 40.2 Å². The molecule has 0 aliphatic rings. The normalized spacial score (nSPS) is 10.1. The second-order valence-corrected chi connectivity index (χ2v) is 3.97. The van der Waals surface area contributed by atoms with Gasteiger partial charge in [0.1, 0.15) is 5.82 Å². The molecule has 2 aromatic rings. The van der Waals surface area contributed by atoms with Crippen LogP contribution in [-0.4, -0.2) is 10.8 Å². The van der Waals surface area contributed by atoms with E-state index in [0.29, 0.717) is 11.1 Å². The van der Waals surface area contributed by atoms with Crippen LogP contribution in [0, 0.1) is 5.82 Å². The summed E-state index contributed by atoms with van der Waals surface area (Å²) in [7, 11) is 0. The summed E-state index contributed by atoms with van der Waals surface area (Å²) in [6.45, 7) is 0. The summed E-state index contributed by atoms with van der Waals surface area (Å²) >= 11 is 3.06. The minimum atomic E-state index is -0.449. The Morgan fingerprint density at radius 1 is 1.25 bits per heavy atom. The Kier molecular flexibility index (Phi) is 3.10. The Bertz CT molecular complexity index is 528. The zero-order valence-electron chi connectivity index (χ0n) is 8.15. The van der Waals surface area contributed by atoms with E-state index in [1.807, 2.05) is 0 Å². The second kappa shape index (κ2) is 4.53. The van der Waals surface area contributed by atoms with Crippen molar-refractivity contribution in [2.24, 2.45) is 0 Å². The van der Waals surface area contributed by atoms with Crippen LogP contribution in [0.1, 0.15) is 15.9 Å². The number of carbonyl (C=O) groups is 1. The van der Waals surface area contributed by atoms with Crippen LogP contribution < -0.4 is 0 Å². The Morgan fingerprint density at radius 3 is 2.75 bits per heavy atom. The average Bonchev–Trinajstić information content (AvgIpc) is 2.33. The first kappa shape index (κ1) is 11.0. The molecule has 80 valence electrons. The lowest BCUT2D eigenvalue weighted by molar-refractivity contribution is 0.103. The number of halogens is 2. The minimum Gasteiger partial charge on any atom is -0.289 e. The largest absolute Gasteiger partial charge is 0.289 e. The van der Waals surface area contributed by atoms with Crippen LogP contribution in [-0.2, 0) is 0 Å². The Labute approximate surface area is 100 Å². The molecule has 0 radical (unpaired) electrons. The lowest BCUT2D eigenvalue weighted by Gasteiger charge is -2.03. The number of benzene rings is 1. The van der Waals surface area contributed by atoms with Gasteiger partial charge in [0.2, 0.25) is 0 Å². The van der Waals surface area contributed by atoms with E-state index in [4.69, 9.17) is 0 Å². The molecule has 0 saturated heterocycles. The highest BCUT2D eigenvalue weighted by molar-refractivity contribution is 9.10. The fourth-order valence-corrected chi connectivity index (χ4v) is 1.78. The van der Waals surface area contributed by atoms with Crippen molar-refractivity contribution >= 4 is 21.7 Å². The van der Waals surface area contributed by atoms with Gasteiger partial charge in [0, 0.05) is 23.5 Å². The van der Waals surface area contributed by atoms with Crippen molar-refractivity contribution < 1.29 is 9.18 Å². The number of hydrogen-bond acceptors (Lipinski definition) is 2. The minimum absolute atomic E-state index is 0.184. The summed E-state index contributed by atoms with van der Waals surface area (Å²) in [6.07, 6.45) is 3.04. The SMILES string of the molecule is O=C(c1cccnc1)c1cccc(F)c1Br. The van der Waals surface area contributed by atoms with Crippen LogP contribution in [0.15, 0.2) is 47.2 Å². The maximum Gasteiger partial charge on any atom is 0.195 e. The molecule has 2 nitrogen and oxygen atoms in total. The quantitative estimate of drug-likeness (QED) is 0.790. The molecule has 0 aliphatic heterocycles. The molecule has 16 heavy (non-hydrogen) atoms. The molecule has 0 bridgehead atoms. The van der Waals surface area contributed by atoms with Crippen molar-refractivity contribution in [1.82, 2.24) is 4.98 Å². The predicted octanol–water partition coefficient (Wildman–Crippen LogP) is 3.21. The molecule has 0 amide bonds. The third-order valence-corrected chi connectivity index (χ3v) is 2.93. The molecule has 0 saturated carbocycles. The van der Waals surface area contributed by atoms with Gasteiger partial charge in [-0.3, -0.25) is 9.78 Å². The first-order valence-electron chi connectivity index (χ1n) is 4.59. The fourth-order valence-electron chi connectivity index (χ4n) is 1.33. The van der Waals surface area contributed by atoms with E-state index in [-0.39, 0.29) is 10.3 Å². The van der Waals surface area contributed by atoms with Crippen LogP contribution in [0.4, 0.5) is 4.39 Å². The number of nitrogens with zero attached hydrogens (tertiary/aromatic N) is 1. The molecule has 4 heteroatoms. The highest BCUT2D eigenvalue weighted by Crippen LogP contribution is 2.22. The van der Waals surface area contributed by atoms with Crippen LogP contribution in [0.5, 0.6) is 0 Å². The fraction of sp³-hybridized carbons (Fsp3) is 0. The smallest absolute Gasteiger partial charge is 0.195 e. The van der Waals surface area contributed by atoms with Gasteiger partial charge in [-0.1, -0.05) is 6.07 Å². The van der Waals surface area contributed by atoms with E-state index in [1.165, 1.54) is 18.3 Å². The Hall–Kier alpha value is -1.55. The maximum absolute atomic E-state index is 13.2. The topological polar surface area (TPSA) is 30.0 Å². The molecule has 1 heterocycles. The molecular weight excluding hydrogens is 273 g/mol. The van der Waals surface area contributed by atoms with Crippen molar-refractivity contribution in [3.63, 3.8) is 0 Å². The van der Waals surface area contributed by atoms with Crippen LogP contribution >= 0.6 is 15.9 Å². The molecule has 0 atom stereocenters. The Morgan fingerprint density at radius 2 is 2.06 bits per heavy atom. The van der Waals surface area contributed by atoms with Gasteiger partial charge in [0.25, 0.3) is 0 Å². The third-order valence-electron chi connectivity index (χ3n) is 2.12. The van der Waals surface area contributed by atoms with Gasteiger partial charge >= 0.3 is 0 Å². The maximum atomic E-state index is 13.2. The highest BCUT2D eigenvalue weighted by atomic mass is 79.9. The van der Waals surface area contributed by atoms with E-state index in [2.05, 4.69) is 20.9 Å². The lowest BCUT2D eigenvalue weighted by Crippen LogP contribution is -2.03. The Balaban J connectivity index is 2.46. The van der Waals surface area contributed by atoms with E-state index in [1.54, 1.807) is 24.4 Å². The molecule has 0 aliphatic carbocycles. The number of pyridine rings is 1. The first-order valence-corrected chi connectivity index (χ1v) is 5.38. The summed E-state index contributed by atoms with van der Waals surface area (Å²) in [6, 6.07) is 7.68. The molecule has 0 spiro atoms. The van der Waals surface area contributed by atoms with Gasteiger partial charge in [-0.25, -0.2) is 4.39 Å². The monoisotopic (exact) mass is 279 g/mol. The number of aromatic nitrogens is 1. The molecule has 2 rings (SSSR count). The number of hydrogen-bond donors (Lipinski definition) is 0. The summed E-state index contributed by atoms with van der Waals surface area (Å²) in [5.41, 5.74) is 0.738. The van der Waals surface area contributed by atoms with Crippen LogP contribution in [0.25, 0.3) is 0 Å². The van der Waals surface area contributed by atoms with Crippen molar-refractivity contribution in [2.75, 3.05) is 0 Å². The number of carbonyl (C=O) groups excluding carboxylic acids is 1. The zero-order chi connectivity index (χ0) is 11.5. The zero-order valence-corrected chi connectivity index (χ0v) is 9.74. The highest BCUT2D eigenvalue weighted by Gasteiger charge is 2.14. The van der Waals surface area contributed by atoms with Gasteiger partial charge in [-0.15, -0.1) is 0 Å². The van der Waals surface area contributed by atoms with Gasteiger partial charge in [0.15, 0.2) is 5.78 Å². The van der Waals surface area contributed by atoms with E-state index >= 15 is 0 Å². The number of rotatable bonds is 2. The summed E-state index contributed by atoms with van der Waals surface area (Å²) in [5, 5.41) is 0. The van der Waals surface area contributed by atoms with Gasteiger partial charge in [-0.2, -0.15) is 0 Å². The number of ketones is 1. The van der Waals surface area contributed by atoms with Gasteiger partial charge < -0.3 is 0 Å². The molecule has 0 fully saturated rings. The molecule has 0 unspecified atom stereocenters. The second-order valence-electron chi connectivity index (χ2n) is 3.17. The van der Waals surface area contributed by atoms with Crippen LogP contribution in [0.3, 0.4) is 0 Å². The summed E-state index contributed by atoms with van der Waals surface area (Å²) < 4.78 is 13.4. The molecule has 0 N–H and O–H groups in total. The standard InChI is InChI=1S/C12H7BrFNO/c13-11-9(4-1-5-10(11)14)12(16)8-3-2-6-15-7-8/h1-7H. The van der Waals surface area contributed by atoms with Gasteiger partial charge in [0.05, 0.1) is 4.47 Å². The lowest BCUT2D eigenvalue weighted by atomic mass is 10.1. The first-order chi connectivity index (χ1) is 7.70. The summed E-state index contributed by atoms with van der Waals surface area (Å²) in [4.78, 5) is 15.8. The van der Waals surface area contributed by atoms with Crippen LogP contribution in [0.2, 0.25) is 0 Å². The molecule has 1 aromatic heterocycles. The van der Waals surface area contributed by atoms with Crippen molar-refractivity contribution in [3.8, 4) is 0 Å². The average molecular weight is 280 g/mol. The van der Waals surface area contributed by atoms with E-state index in [0.717, 1.165) is 0 Å². The molecular formula is C12H7BrFNO. The van der Waals surface area contributed by atoms with E-state index in [9.17, 15) is 9.18 Å². The van der Waals surface area contributed by atoms with E-state index < -0.39 is 5.82 Å². The molecule has 1 aromatic carbocycles. The van der Waals surface area contributed by atoms with Crippen molar-refractivity contribution in [1.29, 1.82) is 0 Å². The van der Waals surface area contributed by atoms with Crippen molar-refractivity contribution in [2.45, 2.75) is 0 Å². The third kappa shape index (κ3) is 2.02.